The number of allylic oxidation sites excluding steroid dienone is 3. The van der Waals surface area contributed by atoms with Crippen molar-refractivity contribution in [1.29, 1.82) is 0 Å². The molecule has 1 fully saturated rings. The molecule has 0 heterocycles. The highest BCUT2D eigenvalue weighted by molar-refractivity contribution is 5.66. The number of aliphatic carboxylic acids is 1. The highest BCUT2D eigenvalue weighted by atomic mass is 16.4. The lowest BCUT2D eigenvalue weighted by Crippen LogP contribution is -2.16. The van der Waals surface area contributed by atoms with Crippen molar-refractivity contribution in [1.82, 2.24) is 0 Å². The smallest absolute Gasteiger partial charge is 0.303 e. The van der Waals surface area contributed by atoms with Gasteiger partial charge in [-0.05, 0) is 56.3 Å². The molecule has 144 valence electrons. The topological polar surface area (TPSA) is 77.8 Å². The monoisotopic (exact) mass is 352 g/mol. The number of carboxylic acid groups (broad SMARTS) is 1. The first kappa shape index (κ1) is 21.9. The highest BCUT2D eigenvalue weighted by Crippen LogP contribution is 2.40. The Hall–Kier alpha value is -1.13. The second-order valence-corrected chi connectivity index (χ2v) is 7.29. The maximum atomic E-state index is 10.5. The van der Waals surface area contributed by atoms with Gasteiger partial charge in [0.1, 0.15) is 0 Å². The molecule has 4 heteroatoms. The van der Waals surface area contributed by atoms with Gasteiger partial charge >= 0.3 is 5.97 Å². The fourth-order valence-electron chi connectivity index (χ4n) is 3.73. The summed E-state index contributed by atoms with van der Waals surface area (Å²) in [5.74, 6) is 0.421. The van der Waals surface area contributed by atoms with Crippen molar-refractivity contribution in [3.05, 3.63) is 24.3 Å². The molecule has 0 saturated heterocycles. The first-order valence-corrected chi connectivity index (χ1v) is 9.92. The average molecular weight is 353 g/mol. The highest BCUT2D eigenvalue weighted by Gasteiger charge is 2.33. The van der Waals surface area contributed by atoms with E-state index in [-0.39, 0.29) is 19.1 Å². The maximum absolute atomic E-state index is 10.5. The molecule has 1 saturated carbocycles. The van der Waals surface area contributed by atoms with Gasteiger partial charge in [0, 0.05) is 13.0 Å². The Balaban J connectivity index is 2.43. The van der Waals surface area contributed by atoms with Crippen molar-refractivity contribution in [3.8, 4) is 0 Å². The van der Waals surface area contributed by atoms with Crippen LogP contribution >= 0.6 is 0 Å². The molecule has 0 spiro atoms. The summed E-state index contributed by atoms with van der Waals surface area (Å²) in [5.41, 5.74) is 0. The normalized spacial score (nSPS) is 25.2. The van der Waals surface area contributed by atoms with Gasteiger partial charge in [-0.1, -0.05) is 50.5 Å². The third kappa shape index (κ3) is 9.22. The minimum Gasteiger partial charge on any atom is -0.481 e. The molecular weight excluding hydrogens is 316 g/mol. The molecular formula is C21H36O4. The summed E-state index contributed by atoms with van der Waals surface area (Å²) in [5, 5.41) is 28.3. The SMILES string of the molecule is CCCCC[C@H](O)/C=C/[C@H]1CC[C@H](CO)[C@@H]1C/C=C\CCCC(=O)O. The largest absolute Gasteiger partial charge is 0.481 e. The van der Waals surface area contributed by atoms with E-state index in [1.807, 2.05) is 6.08 Å². The molecule has 0 bridgehead atoms. The van der Waals surface area contributed by atoms with E-state index >= 15 is 0 Å². The van der Waals surface area contributed by atoms with Crippen LogP contribution in [0.5, 0.6) is 0 Å². The van der Waals surface area contributed by atoms with Gasteiger partial charge in [0.2, 0.25) is 0 Å². The number of hydrogen-bond acceptors (Lipinski definition) is 3. The number of rotatable bonds is 13. The van der Waals surface area contributed by atoms with Gasteiger partial charge in [-0.25, -0.2) is 0 Å². The van der Waals surface area contributed by atoms with Crippen LogP contribution in [-0.2, 0) is 4.79 Å². The van der Waals surface area contributed by atoms with Crippen LogP contribution in [0.3, 0.4) is 0 Å². The fraction of sp³-hybridized carbons (Fsp3) is 0.762. The summed E-state index contributed by atoms with van der Waals surface area (Å²) in [4.78, 5) is 10.5. The summed E-state index contributed by atoms with van der Waals surface area (Å²) < 4.78 is 0. The van der Waals surface area contributed by atoms with Crippen LogP contribution in [0.4, 0.5) is 0 Å². The second kappa shape index (κ2) is 13.1. The zero-order valence-electron chi connectivity index (χ0n) is 15.6. The third-order valence-electron chi connectivity index (χ3n) is 5.28. The van der Waals surface area contributed by atoms with Crippen molar-refractivity contribution in [2.75, 3.05) is 6.61 Å². The molecule has 1 aliphatic carbocycles. The third-order valence-corrected chi connectivity index (χ3v) is 5.28. The van der Waals surface area contributed by atoms with Crippen LogP contribution in [0, 0.1) is 17.8 Å². The summed E-state index contributed by atoms with van der Waals surface area (Å²) >= 11 is 0. The number of aliphatic hydroxyl groups excluding tert-OH is 2. The number of unbranched alkanes of at least 4 members (excludes halogenated alkanes) is 3. The quantitative estimate of drug-likeness (QED) is 0.341. The van der Waals surface area contributed by atoms with E-state index in [0.717, 1.165) is 51.4 Å². The molecule has 4 atom stereocenters. The lowest BCUT2D eigenvalue weighted by atomic mass is 9.86. The number of aliphatic hydroxyl groups is 2. The van der Waals surface area contributed by atoms with Crippen molar-refractivity contribution < 1.29 is 20.1 Å². The minimum absolute atomic E-state index is 0.217. The van der Waals surface area contributed by atoms with Crippen LogP contribution in [0.25, 0.3) is 0 Å². The van der Waals surface area contributed by atoms with Crippen molar-refractivity contribution >= 4 is 5.97 Å². The molecule has 0 amide bonds. The Bertz CT molecular complexity index is 416. The summed E-state index contributed by atoms with van der Waals surface area (Å²) in [6.45, 7) is 2.39. The van der Waals surface area contributed by atoms with Gasteiger partial charge < -0.3 is 15.3 Å². The molecule has 25 heavy (non-hydrogen) atoms. The molecule has 0 aromatic carbocycles. The van der Waals surface area contributed by atoms with Gasteiger partial charge in [0.05, 0.1) is 6.10 Å². The number of carbonyl (C=O) groups is 1. The molecule has 0 unspecified atom stereocenters. The average Bonchev–Trinajstić information content (AvgIpc) is 2.98. The van der Waals surface area contributed by atoms with Crippen LogP contribution in [0.15, 0.2) is 24.3 Å². The Morgan fingerprint density at radius 2 is 2.00 bits per heavy atom. The van der Waals surface area contributed by atoms with Gasteiger partial charge in [-0.15, -0.1) is 0 Å². The maximum Gasteiger partial charge on any atom is 0.303 e. The van der Waals surface area contributed by atoms with E-state index < -0.39 is 5.97 Å². The Labute approximate surface area is 152 Å². The van der Waals surface area contributed by atoms with Crippen molar-refractivity contribution in [2.45, 2.75) is 77.2 Å². The second-order valence-electron chi connectivity index (χ2n) is 7.29. The van der Waals surface area contributed by atoms with Gasteiger partial charge in [0.15, 0.2) is 0 Å². The van der Waals surface area contributed by atoms with Crippen LogP contribution in [0.2, 0.25) is 0 Å². The van der Waals surface area contributed by atoms with E-state index in [0.29, 0.717) is 24.2 Å². The summed E-state index contributed by atoms with van der Waals surface area (Å²) in [6, 6.07) is 0. The van der Waals surface area contributed by atoms with E-state index in [2.05, 4.69) is 25.2 Å². The minimum atomic E-state index is -0.743. The van der Waals surface area contributed by atoms with E-state index in [4.69, 9.17) is 5.11 Å². The van der Waals surface area contributed by atoms with Crippen molar-refractivity contribution in [2.24, 2.45) is 17.8 Å². The lowest BCUT2D eigenvalue weighted by Gasteiger charge is -2.20. The number of hydrogen-bond donors (Lipinski definition) is 3. The zero-order valence-corrected chi connectivity index (χ0v) is 15.6. The number of carboxylic acids is 1. The standard InChI is InChI=1S/C21H36O4/c1-2-3-6-9-19(23)15-14-17-12-13-18(16-22)20(17)10-7-4-5-8-11-21(24)25/h4,7,14-15,17-20,22-23H,2-3,5-6,8-13,16H2,1H3,(H,24,25)/b7-4-,15-14+/t17-,18-,19+,20-/m1/s1. The predicted molar refractivity (Wildman–Crippen MR) is 101 cm³/mol. The first-order valence-electron chi connectivity index (χ1n) is 9.92. The van der Waals surface area contributed by atoms with Crippen LogP contribution < -0.4 is 0 Å². The predicted octanol–water partition coefficient (Wildman–Crippen LogP) is 4.32. The van der Waals surface area contributed by atoms with Crippen molar-refractivity contribution in [3.63, 3.8) is 0 Å². The first-order chi connectivity index (χ1) is 12.1. The zero-order chi connectivity index (χ0) is 18.5. The lowest BCUT2D eigenvalue weighted by molar-refractivity contribution is -0.137. The molecule has 0 aliphatic heterocycles. The summed E-state index contributed by atoms with van der Waals surface area (Å²) in [6.07, 6.45) is 16.9. The molecule has 1 aliphatic rings. The molecule has 0 radical (unpaired) electrons. The van der Waals surface area contributed by atoms with E-state index in [1.54, 1.807) is 0 Å². The van der Waals surface area contributed by atoms with Gasteiger partial charge in [0.25, 0.3) is 0 Å². The van der Waals surface area contributed by atoms with Crippen LogP contribution in [-0.4, -0.2) is 34.0 Å². The Morgan fingerprint density at radius 1 is 1.20 bits per heavy atom. The van der Waals surface area contributed by atoms with Gasteiger partial charge in [-0.3, -0.25) is 4.79 Å². The molecule has 3 N–H and O–H groups in total. The Kier molecular flexibility index (Phi) is 11.5. The Morgan fingerprint density at radius 3 is 2.68 bits per heavy atom. The molecule has 1 rings (SSSR count). The molecule has 0 aromatic heterocycles. The van der Waals surface area contributed by atoms with Gasteiger partial charge in [-0.2, -0.15) is 0 Å². The van der Waals surface area contributed by atoms with Crippen LogP contribution in [0.1, 0.15) is 71.1 Å². The van der Waals surface area contributed by atoms with E-state index in [1.165, 1.54) is 0 Å². The molecule has 0 aromatic rings. The molecule has 4 nitrogen and oxygen atoms in total. The summed E-state index contributed by atoms with van der Waals surface area (Å²) in [7, 11) is 0. The van der Waals surface area contributed by atoms with E-state index in [9.17, 15) is 15.0 Å². The fourth-order valence-corrected chi connectivity index (χ4v) is 3.73.